The van der Waals surface area contributed by atoms with E-state index in [-0.39, 0.29) is 42.8 Å². The SMILES string of the molecule is CC(C)C[C@@H](N)C(=O)N1CCN(C(c2ccccc2)c2ccccc2)CC1.Cl.Cl. The van der Waals surface area contributed by atoms with Crippen LogP contribution in [0.2, 0.25) is 0 Å². The van der Waals surface area contributed by atoms with Crippen LogP contribution in [0.4, 0.5) is 0 Å². The van der Waals surface area contributed by atoms with E-state index in [1.54, 1.807) is 0 Å². The molecule has 2 aromatic carbocycles. The third-order valence-corrected chi connectivity index (χ3v) is 5.26. The van der Waals surface area contributed by atoms with Crippen LogP contribution >= 0.6 is 24.8 Å². The van der Waals surface area contributed by atoms with Gasteiger partial charge in [-0.3, -0.25) is 9.69 Å². The minimum absolute atomic E-state index is 0. The van der Waals surface area contributed by atoms with Crippen LogP contribution in [0, 0.1) is 5.92 Å². The smallest absolute Gasteiger partial charge is 0.239 e. The number of hydrogen-bond acceptors (Lipinski definition) is 3. The second-order valence-corrected chi connectivity index (χ2v) is 7.82. The molecule has 1 aliphatic rings. The molecule has 1 aliphatic heterocycles. The highest BCUT2D eigenvalue weighted by atomic mass is 35.5. The highest BCUT2D eigenvalue weighted by Crippen LogP contribution is 2.29. The van der Waals surface area contributed by atoms with Crippen molar-refractivity contribution in [2.75, 3.05) is 26.2 Å². The lowest BCUT2D eigenvalue weighted by atomic mass is 9.96. The summed E-state index contributed by atoms with van der Waals surface area (Å²) in [5.74, 6) is 0.533. The largest absolute Gasteiger partial charge is 0.339 e. The Morgan fingerprint density at radius 2 is 1.31 bits per heavy atom. The number of hydrogen-bond donors (Lipinski definition) is 1. The molecule has 0 bridgehead atoms. The lowest BCUT2D eigenvalue weighted by molar-refractivity contribution is -0.135. The van der Waals surface area contributed by atoms with E-state index in [1.807, 2.05) is 4.90 Å². The molecule has 0 aromatic heterocycles. The van der Waals surface area contributed by atoms with Crippen LogP contribution in [-0.2, 0) is 4.79 Å². The van der Waals surface area contributed by atoms with Gasteiger partial charge >= 0.3 is 0 Å². The van der Waals surface area contributed by atoms with Gasteiger partial charge in [-0.25, -0.2) is 0 Å². The number of rotatable bonds is 6. The van der Waals surface area contributed by atoms with E-state index in [0.717, 1.165) is 32.6 Å². The van der Waals surface area contributed by atoms with Gasteiger partial charge in [-0.2, -0.15) is 0 Å². The minimum atomic E-state index is -0.379. The second-order valence-electron chi connectivity index (χ2n) is 7.82. The van der Waals surface area contributed by atoms with Crippen molar-refractivity contribution in [2.45, 2.75) is 32.4 Å². The normalized spacial score (nSPS) is 15.6. The Morgan fingerprint density at radius 1 is 0.862 bits per heavy atom. The maximum Gasteiger partial charge on any atom is 0.239 e. The lowest BCUT2D eigenvalue weighted by Crippen LogP contribution is -2.54. The van der Waals surface area contributed by atoms with Crippen molar-refractivity contribution >= 4 is 30.7 Å². The molecule has 6 heteroatoms. The average Bonchev–Trinajstić information content (AvgIpc) is 2.69. The molecule has 1 saturated heterocycles. The van der Waals surface area contributed by atoms with Crippen LogP contribution in [0.25, 0.3) is 0 Å². The molecule has 0 radical (unpaired) electrons. The molecule has 160 valence electrons. The van der Waals surface area contributed by atoms with Crippen molar-refractivity contribution in [2.24, 2.45) is 11.7 Å². The molecule has 0 unspecified atom stereocenters. The summed E-state index contributed by atoms with van der Waals surface area (Å²) in [4.78, 5) is 17.0. The van der Waals surface area contributed by atoms with Crippen LogP contribution in [0.5, 0.6) is 0 Å². The maximum atomic E-state index is 12.6. The summed E-state index contributed by atoms with van der Waals surface area (Å²) in [6.07, 6.45) is 0.746. The summed E-state index contributed by atoms with van der Waals surface area (Å²) >= 11 is 0. The van der Waals surface area contributed by atoms with E-state index in [9.17, 15) is 4.79 Å². The summed E-state index contributed by atoms with van der Waals surface area (Å²) in [6, 6.07) is 21.1. The van der Waals surface area contributed by atoms with Gasteiger partial charge in [0, 0.05) is 26.2 Å². The predicted octanol–water partition coefficient (Wildman–Crippen LogP) is 4.14. The summed E-state index contributed by atoms with van der Waals surface area (Å²) in [5.41, 5.74) is 8.70. The van der Waals surface area contributed by atoms with Gasteiger partial charge in [0.1, 0.15) is 0 Å². The molecule has 1 atom stereocenters. The van der Waals surface area contributed by atoms with Crippen molar-refractivity contribution in [3.8, 4) is 0 Å². The Balaban J connectivity index is 0.00000210. The van der Waals surface area contributed by atoms with Crippen LogP contribution in [0.15, 0.2) is 60.7 Å². The number of amides is 1. The van der Waals surface area contributed by atoms with Gasteiger partial charge in [0.2, 0.25) is 5.91 Å². The Kier molecular flexibility index (Phi) is 10.7. The van der Waals surface area contributed by atoms with Gasteiger partial charge < -0.3 is 10.6 Å². The summed E-state index contributed by atoms with van der Waals surface area (Å²) in [5, 5.41) is 0. The predicted molar refractivity (Wildman–Crippen MR) is 125 cm³/mol. The molecule has 1 heterocycles. The van der Waals surface area contributed by atoms with Gasteiger partial charge in [0.25, 0.3) is 0 Å². The summed E-state index contributed by atoms with van der Waals surface area (Å²) in [7, 11) is 0. The Hall–Kier alpha value is -1.59. The molecule has 2 N–H and O–H groups in total. The highest BCUT2D eigenvalue weighted by molar-refractivity contribution is 5.85. The van der Waals surface area contributed by atoms with Gasteiger partial charge in [-0.1, -0.05) is 74.5 Å². The standard InChI is InChI=1S/C23H31N3O.2ClH/c1-18(2)17-21(24)23(27)26-15-13-25(14-16-26)22(19-9-5-3-6-10-19)20-11-7-4-8-12-20;;/h3-12,18,21-22H,13-17,24H2,1-2H3;2*1H/t21-;;/m1../s1. The molecule has 29 heavy (non-hydrogen) atoms. The van der Waals surface area contributed by atoms with Gasteiger partial charge in [-0.05, 0) is 23.5 Å². The van der Waals surface area contributed by atoms with Crippen LogP contribution in [0.1, 0.15) is 37.4 Å². The van der Waals surface area contributed by atoms with Gasteiger partial charge in [0.15, 0.2) is 0 Å². The quantitative estimate of drug-likeness (QED) is 0.738. The molecule has 2 aromatic rings. The first-order chi connectivity index (χ1) is 13.1. The molecule has 1 amide bonds. The zero-order valence-corrected chi connectivity index (χ0v) is 18.9. The third-order valence-electron chi connectivity index (χ3n) is 5.26. The average molecular weight is 438 g/mol. The van der Waals surface area contributed by atoms with E-state index in [0.29, 0.717) is 5.92 Å². The number of nitrogens with zero attached hydrogens (tertiary/aromatic N) is 2. The van der Waals surface area contributed by atoms with Gasteiger partial charge in [0.05, 0.1) is 12.1 Å². The number of carbonyl (C=O) groups excluding carboxylic acids is 1. The topological polar surface area (TPSA) is 49.6 Å². The highest BCUT2D eigenvalue weighted by Gasteiger charge is 2.30. The first-order valence-corrected chi connectivity index (χ1v) is 9.94. The van der Waals surface area contributed by atoms with Crippen molar-refractivity contribution in [1.29, 1.82) is 0 Å². The Bertz CT molecular complexity index is 680. The first-order valence-electron chi connectivity index (χ1n) is 9.94. The van der Waals surface area contributed by atoms with E-state index in [2.05, 4.69) is 79.4 Å². The van der Waals surface area contributed by atoms with Crippen molar-refractivity contribution < 1.29 is 4.79 Å². The fourth-order valence-corrected chi connectivity index (χ4v) is 3.93. The van der Waals surface area contributed by atoms with E-state index in [4.69, 9.17) is 5.73 Å². The number of benzene rings is 2. The summed E-state index contributed by atoms with van der Waals surface area (Å²) in [6.45, 7) is 7.40. The molecule has 4 nitrogen and oxygen atoms in total. The molecular weight excluding hydrogens is 405 g/mol. The van der Waals surface area contributed by atoms with E-state index >= 15 is 0 Å². The zero-order valence-electron chi connectivity index (χ0n) is 17.2. The number of halogens is 2. The lowest BCUT2D eigenvalue weighted by Gasteiger charge is -2.40. The minimum Gasteiger partial charge on any atom is -0.339 e. The van der Waals surface area contributed by atoms with E-state index < -0.39 is 0 Å². The van der Waals surface area contributed by atoms with E-state index in [1.165, 1.54) is 11.1 Å². The fraction of sp³-hybridized carbons (Fsp3) is 0.435. The zero-order chi connectivity index (χ0) is 19.2. The van der Waals surface area contributed by atoms with Crippen LogP contribution in [0.3, 0.4) is 0 Å². The first kappa shape index (κ1) is 25.4. The number of piperazine rings is 1. The summed E-state index contributed by atoms with van der Waals surface area (Å²) < 4.78 is 0. The molecule has 0 spiro atoms. The molecule has 3 rings (SSSR count). The maximum absolute atomic E-state index is 12.6. The molecule has 0 saturated carbocycles. The molecule has 0 aliphatic carbocycles. The Morgan fingerprint density at radius 3 is 1.72 bits per heavy atom. The van der Waals surface area contributed by atoms with Crippen molar-refractivity contribution in [1.82, 2.24) is 9.80 Å². The monoisotopic (exact) mass is 437 g/mol. The Labute approximate surface area is 187 Å². The van der Waals surface area contributed by atoms with Crippen molar-refractivity contribution in [3.05, 3.63) is 71.8 Å². The fourth-order valence-electron chi connectivity index (χ4n) is 3.93. The number of nitrogens with two attached hydrogens (primary N) is 1. The van der Waals surface area contributed by atoms with Gasteiger partial charge in [-0.15, -0.1) is 24.8 Å². The molecular formula is C23H33Cl2N3O. The number of carbonyl (C=O) groups is 1. The van der Waals surface area contributed by atoms with Crippen LogP contribution < -0.4 is 5.73 Å². The van der Waals surface area contributed by atoms with Crippen molar-refractivity contribution in [3.63, 3.8) is 0 Å². The molecule has 1 fully saturated rings. The third kappa shape index (κ3) is 6.71. The van der Waals surface area contributed by atoms with Crippen LogP contribution in [-0.4, -0.2) is 47.9 Å². The second kappa shape index (κ2) is 12.2.